The summed E-state index contributed by atoms with van der Waals surface area (Å²) in [5.41, 5.74) is 1.01. The fourth-order valence-electron chi connectivity index (χ4n) is 3.22. The topological polar surface area (TPSA) is 57.6 Å². The van der Waals surface area contributed by atoms with Crippen LogP contribution in [0.4, 0.5) is 0 Å². The van der Waals surface area contributed by atoms with E-state index in [9.17, 15) is 14.7 Å². The number of aliphatic carboxylic acids is 1. The summed E-state index contributed by atoms with van der Waals surface area (Å²) in [4.78, 5) is 25.8. The number of carbonyl (C=O) groups is 2. The van der Waals surface area contributed by atoms with Crippen LogP contribution in [0.5, 0.6) is 0 Å². The van der Waals surface area contributed by atoms with Crippen molar-refractivity contribution in [2.45, 2.75) is 39.0 Å². The van der Waals surface area contributed by atoms with E-state index in [1.54, 1.807) is 4.90 Å². The van der Waals surface area contributed by atoms with E-state index < -0.39 is 11.9 Å². The highest BCUT2D eigenvalue weighted by Gasteiger charge is 2.41. The zero-order valence-corrected chi connectivity index (χ0v) is 13.4. The minimum absolute atomic E-state index is 0.0241. The van der Waals surface area contributed by atoms with Crippen molar-refractivity contribution in [3.8, 4) is 0 Å². The lowest BCUT2D eigenvalue weighted by Gasteiger charge is -2.21. The van der Waals surface area contributed by atoms with Crippen molar-refractivity contribution >= 4 is 11.9 Å². The van der Waals surface area contributed by atoms with E-state index in [1.807, 2.05) is 37.3 Å². The summed E-state index contributed by atoms with van der Waals surface area (Å²) in [6, 6.07) is 9.67. The molecule has 1 heterocycles. The average Bonchev–Trinajstić information content (AvgIpc) is 2.98. The largest absolute Gasteiger partial charge is 0.481 e. The first-order valence-electron chi connectivity index (χ1n) is 8.11. The Balaban J connectivity index is 2.10. The molecular formula is C18H25NO3. The molecule has 120 valence electrons. The van der Waals surface area contributed by atoms with Crippen LogP contribution in [0.15, 0.2) is 30.3 Å². The fraction of sp³-hybridized carbons (Fsp3) is 0.556. The lowest BCUT2D eigenvalue weighted by atomic mass is 9.89. The first kappa shape index (κ1) is 16.5. The van der Waals surface area contributed by atoms with Crippen LogP contribution >= 0.6 is 0 Å². The van der Waals surface area contributed by atoms with Gasteiger partial charge in [0.25, 0.3) is 0 Å². The number of hydrogen-bond acceptors (Lipinski definition) is 2. The van der Waals surface area contributed by atoms with E-state index in [2.05, 4.69) is 6.92 Å². The van der Waals surface area contributed by atoms with Gasteiger partial charge in [0.1, 0.15) is 0 Å². The predicted octanol–water partition coefficient (Wildman–Crippen LogP) is 3.14. The summed E-state index contributed by atoms with van der Waals surface area (Å²) in [5, 5.41) is 9.49. The monoisotopic (exact) mass is 303 g/mol. The molecule has 22 heavy (non-hydrogen) atoms. The minimum Gasteiger partial charge on any atom is -0.481 e. The summed E-state index contributed by atoms with van der Waals surface area (Å²) in [5.74, 6) is -1.36. The van der Waals surface area contributed by atoms with Crippen molar-refractivity contribution < 1.29 is 14.7 Å². The fourth-order valence-corrected chi connectivity index (χ4v) is 3.22. The third-order valence-electron chi connectivity index (χ3n) is 4.59. The molecule has 0 aromatic heterocycles. The quantitative estimate of drug-likeness (QED) is 0.878. The molecule has 0 bridgehead atoms. The van der Waals surface area contributed by atoms with Crippen LogP contribution in [-0.4, -0.2) is 35.0 Å². The third-order valence-corrected chi connectivity index (χ3v) is 4.59. The van der Waals surface area contributed by atoms with Gasteiger partial charge in [-0.1, -0.05) is 57.0 Å². The van der Waals surface area contributed by atoms with Crippen LogP contribution < -0.4 is 0 Å². The molecule has 3 atom stereocenters. The molecule has 0 spiro atoms. The highest BCUT2D eigenvalue weighted by molar-refractivity contribution is 5.81. The highest BCUT2D eigenvalue weighted by Crippen LogP contribution is 2.33. The lowest BCUT2D eigenvalue weighted by molar-refractivity contribution is -0.142. The molecule has 1 aliphatic rings. The van der Waals surface area contributed by atoms with Gasteiger partial charge < -0.3 is 10.0 Å². The maximum atomic E-state index is 12.5. The molecular weight excluding hydrogens is 278 g/mol. The maximum absolute atomic E-state index is 12.5. The van der Waals surface area contributed by atoms with Crippen molar-refractivity contribution in [1.29, 1.82) is 0 Å². The number of unbranched alkanes of at least 4 members (excludes halogenated alkanes) is 1. The first-order chi connectivity index (χ1) is 10.5. The highest BCUT2D eigenvalue weighted by atomic mass is 16.4. The molecule has 1 aliphatic heterocycles. The van der Waals surface area contributed by atoms with E-state index in [1.165, 1.54) is 0 Å². The number of carboxylic acid groups (broad SMARTS) is 1. The molecule has 4 nitrogen and oxygen atoms in total. The second kappa shape index (κ2) is 7.43. The number of carboxylic acids is 1. The van der Waals surface area contributed by atoms with Gasteiger partial charge in [-0.15, -0.1) is 0 Å². The Hall–Kier alpha value is -1.84. The zero-order valence-electron chi connectivity index (χ0n) is 13.4. The summed E-state index contributed by atoms with van der Waals surface area (Å²) in [7, 11) is 0. The van der Waals surface area contributed by atoms with E-state index >= 15 is 0 Å². The Bertz CT molecular complexity index is 514. The van der Waals surface area contributed by atoms with Gasteiger partial charge in [-0.3, -0.25) is 9.59 Å². The number of likely N-dealkylation sites (tertiary alicyclic amines) is 1. The molecule has 3 unspecified atom stereocenters. The molecule has 1 amide bonds. The molecule has 0 saturated carbocycles. The molecule has 1 saturated heterocycles. The summed E-state index contributed by atoms with van der Waals surface area (Å²) in [6.45, 7) is 4.89. The van der Waals surface area contributed by atoms with Crippen molar-refractivity contribution in [1.82, 2.24) is 4.90 Å². The smallest absolute Gasteiger partial charge is 0.308 e. The number of carbonyl (C=O) groups excluding carboxylic acids is 1. The van der Waals surface area contributed by atoms with Crippen molar-refractivity contribution in [3.63, 3.8) is 0 Å². The standard InChI is InChI=1S/C18H25NO3/c1-3-4-8-13(2)17(20)19-11-15(16(12-19)18(21)22)14-9-6-5-7-10-14/h5-7,9-10,13,15-16H,3-4,8,11-12H2,1-2H3,(H,21,22). The number of hydrogen-bond donors (Lipinski definition) is 1. The van der Waals surface area contributed by atoms with Crippen LogP contribution in [0.2, 0.25) is 0 Å². The second-order valence-electron chi connectivity index (χ2n) is 6.25. The molecule has 4 heteroatoms. The van der Waals surface area contributed by atoms with Crippen LogP contribution in [0.25, 0.3) is 0 Å². The van der Waals surface area contributed by atoms with Gasteiger partial charge in [-0.2, -0.15) is 0 Å². The van der Waals surface area contributed by atoms with Gasteiger partial charge >= 0.3 is 5.97 Å². The van der Waals surface area contributed by atoms with Gasteiger partial charge in [-0.05, 0) is 12.0 Å². The summed E-state index contributed by atoms with van der Waals surface area (Å²) in [6.07, 6.45) is 2.98. The van der Waals surface area contributed by atoms with Gasteiger partial charge in [0.15, 0.2) is 0 Å². The molecule has 1 aromatic rings. The molecule has 1 N–H and O–H groups in total. The summed E-state index contributed by atoms with van der Waals surface area (Å²) >= 11 is 0. The van der Waals surface area contributed by atoms with Crippen molar-refractivity contribution in [2.75, 3.05) is 13.1 Å². The number of benzene rings is 1. The van der Waals surface area contributed by atoms with E-state index in [4.69, 9.17) is 0 Å². The minimum atomic E-state index is -0.814. The number of rotatable bonds is 6. The van der Waals surface area contributed by atoms with Gasteiger partial charge in [0, 0.05) is 24.9 Å². The molecule has 1 fully saturated rings. The Morgan fingerprint density at radius 2 is 1.95 bits per heavy atom. The van der Waals surface area contributed by atoms with Gasteiger partial charge in [-0.25, -0.2) is 0 Å². The SMILES string of the molecule is CCCCC(C)C(=O)N1CC(C(=O)O)C(c2ccccc2)C1. The van der Waals surface area contributed by atoms with Gasteiger partial charge in [0.05, 0.1) is 5.92 Å². The van der Waals surface area contributed by atoms with Crippen LogP contribution in [0.3, 0.4) is 0 Å². The predicted molar refractivity (Wildman–Crippen MR) is 85.6 cm³/mol. The Morgan fingerprint density at radius 3 is 2.55 bits per heavy atom. The molecule has 0 aliphatic carbocycles. The summed E-state index contributed by atoms with van der Waals surface area (Å²) < 4.78 is 0. The molecule has 1 aromatic carbocycles. The van der Waals surface area contributed by atoms with Crippen LogP contribution in [-0.2, 0) is 9.59 Å². The van der Waals surface area contributed by atoms with Crippen LogP contribution in [0, 0.1) is 11.8 Å². The number of nitrogens with zero attached hydrogens (tertiary/aromatic N) is 1. The maximum Gasteiger partial charge on any atom is 0.308 e. The van der Waals surface area contributed by atoms with Crippen LogP contribution in [0.1, 0.15) is 44.6 Å². The lowest BCUT2D eigenvalue weighted by Crippen LogP contribution is -2.34. The Kier molecular flexibility index (Phi) is 5.58. The van der Waals surface area contributed by atoms with Crippen molar-refractivity contribution in [3.05, 3.63) is 35.9 Å². The van der Waals surface area contributed by atoms with Gasteiger partial charge in [0.2, 0.25) is 5.91 Å². The first-order valence-corrected chi connectivity index (χ1v) is 8.11. The zero-order chi connectivity index (χ0) is 16.1. The van der Waals surface area contributed by atoms with E-state index in [-0.39, 0.29) is 17.7 Å². The Labute approximate surface area is 132 Å². The van der Waals surface area contributed by atoms with E-state index in [0.29, 0.717) is 13.1 Å². The Morgan fingerprint density at radius 1 is 1.27 bits per heavy atom. The molecule has 2 rings (SSSR count). The number of amides is 1. The molecule has 0 radical (unpaired) electrons. The van der Waals surface area contributed by atoms with E-state index in [0.717, 1.165) is 24.8 Å². The normalized spacial score (nSPS) is 22.5. The average molecular weight is 303 g/mol. The van der Waals surface area contributed by atoms with Crippen molar-refractivity contribution in [2.24, 2.45) is 11.8 Å². The third kappa shape index (κ3) is 3.67. The second-order valence-corrected chi connectivity index (χ2v) is 6.25.